The number of carbonyl (C=O) groups is 1. The van der Waals surface area contributed by atoms with Crippen LogP contribution in [0.2, 0.25) is 0 Å². The second-order valence-electron chi connectivity index (χ2n) is 4.70. The lowest BCUT2D eigenvalue weighted by Crippen LogP contribution is -2.28. The van der Waals surface area contributed by atoms with E-state index in [0.29, 0.717) is 12.5 Å². The molecule has 3 heteroatoms. The van der Waals surface area contributed by atoms with Crippen LogP contribution in [-0.2, 0) is 9.53 Å². The van der Waals surface area contributed by atoms with Gasteiger partial charge in [-0.05, 0) is 43.9 Å². The number of ether oxygens (including phenoxy) is 1. The van der Waals surface area contributed by atoms with Gasteiger partial charge in [0.2, 0.25) is 0 Å². The van der Waals surface area contributed by atoms with Crippen LogP contribution in [0.4, 0.5) is 0 Å². The average molecular weight is 207 g/mol. The molecule has 0 N–H and O–H groups in total. The van der Waals surface area contributed by atoms with Gasteiger partial charge in [-0.3, -0.25) is 4.79 Å². The van der Waals surface area contributed by atoms with Crippen molar-refractivity contribution in [2.24, 2.45) is 23.7 Å². The summed E-state index contributed by atoms with van der Waals surface area (Å²) in [4.78, 5) is 11.6. The maximum absolute atomic E-state index is 11.6. The minimum Gasteiger partial charge on any atom is -0.465 e. The van der Waals surface area contributed by atoms with Crippen molar-refractivity contribution in [3.05, 3.63) is 0 Å². The molecular weight excluding hydrogens is 190 g/mol. The van der Waals surface area contributed by atoms with Gasteiger partial charge in [-0.2, -0.15) is 5.26 Å². The fourth-order valence-corrected chi connectivity index (χ4v) is 3.26. The molecule has 2 rings (SSSR count). The maximum atomic E-state index is 11.6. The molecule has 2 bridgehead atoms. The van der Waals surface area contributed by atoms with Gasteiger partial charge in [0.25, 0.3) is 0 Å². The van der Waals surface area contributed by atoms with Crippen LogP contribution < -0.4 is 0 Å². The van der Waals surface area contributed by atoms with Crippen molar-refractivity contribution in [3.8, 4) is 6.07 Å². The Balaban J connectivity index is 2.02. The molecule has 0 saturated heterocycles. The molecule has 2 saturated carbocycles. The number of rotatable bonds is 3. The Kier molecular flexibility index (Phi) is 2.95. The second-order valence-corrected chi connectivity index (χ2v) is 4.70. The summed E-state index contributed by atoms with van der Waals surface area (Å²) in [6.45, 7) is 2.16. The largest absolute Gasteiger partial charge is 0.465 e. The highest BCUT2D eigenvalue weighted by atomic mass is 16.5. The molecular formula is C12H17NO2. The lowest BCUT2D eigenvalue weighted by molar-refractivity contribution is -0.148. The van der Waals surface area contributed by atoms with Crippen LogP contribution in [0.25, 0.3) is 0 Å². The highest BCUT2D eigenvalue weighted by Gasteiger charge is 2.45. The second kappa shape index (κ2) is 4.22. The van der Waals surface area contributed by atoms with Crippen LogP contribution >= 0.6 is 0 Å². The third kappa shape index (κ3) is 1.86. The molecule has 0 heterocycles. The number of esters is 1. The first-order valence-electron chi connectivity index (χ1n) is 5.82. The topological polar surface area (TPSA) is 50.1 Å². The van der Waals surface area contributed by atoms with E-state index in [4.69, 9.17) is 10.00 Å². The first-order valence-corrected chi connectivity index (χ1v) is 5.82. The number of nitrogens with zero attached hydrogens (tertiary/aromatic N) is 1. The van der Waals surface area contributed by atoms with E-state index in [1.54, 1.807) is 6.92 Å². The maximum Gasteiger partial charge on any atom is 0.323 e. The first kappa shape index (κ1) is 10.5. The molecule has 0 radical (unpaired) electrons. The summed E-state index contributed by atoms with van der Waals surface area (Å²) in [5, 5.41) is 9.06. The number of hydrogen-bond acceptors (Lipinski definition) is 3. The Morgan fingerprint density at radius 2 is 2.33 bits per heavy atom. The Morgan fingerprint density at radius 3 is 2.80 bits per heavy atom. The van der Waals surface area contributed by atoms with E-state index in [9.17, 15) is 4.79 Å². The Hall–Kier alpha value is -1.04. The lowest BCUT2D eigenvalue weighted by Gasteiger charge is -2.24. The summed E-state index contributed by atoms with van der Waals surface area (Å²) in [6, 6.07) is 2.14. The summed E-state index contributed by atoms with van der Waals surface area (Å²) in [5.41, 5.74) is 0. The molecule has 0 aromatic rings. The van der Waals surface area contributed by atoms with Crippen molar-refractivity contribution >= 4 is 5.97 Å². The van der Waals surface area contributed by atoms with Gasteiger partial charge in [0.05, 0.1) is 12.7 Å². The molecule has 3 nitrogen and oxygen atoms in total. The normalized spacial score (nSPS) is 34.8. The molecule has 0 aromatic heterocycles. The van der Waals surface area contributed by atoms with Gasteiger partial charge in [-0.1, -0.05) is 6.42 Å². The third-order valence-electron chi connectivity index (χ3n) is 3.90. The standard InChI is InChI=1S/C12H17NO2/c1-2-15-12(14)11(7-13)10-6-8-3-4-9(10)5-8/h8-11H,2-6H2,1H3/t8-,9-,10+,11+/m0/s1. The van der Waals surface area contributed by atoms with E-state index >= 15 is 0 Å². The molecule has 4 atom stereocenters. The molecule has 0 amide bonds. The molecule has 0 spiro atoms. The SMILES string of the molecule is CCOC(=O)[C@H](C#N)[C@@H]1C[C@H]2CC[C@H]1C2. The monoisotopic (exact) mass is 207 g/mol. The third-order valence-corrected chi connectivity index (χ3v) is 3.90. The van der Waals surface area contributed by atoms with Crippen LogP contribution in [0.1, 0.15) is 32.6 Å². The van der Waals surface area contributed by atoms with E-state index in [0.717, 1.165) is 12.3 Å². The zero-order valence-corrected chi connectivity index (χ0v) is 9.11. The molecule has 0 unspecified atom stereocenters. The van der Waals surface area contributed by atoms with E-state index < -0.39 is 5.92 Å². The van der Waals surface area contributed by atoms with Crippen molar-refractivity contribution in [2.45, 2.75) is 32.6 Å². The molecule has 2 aliphatic carbocycles. The van der Waals surface area contributed by atoms with Gasteiger partial charge >= 0.3 is 5.97 Å². The molecule has 0 aliphatic heterocycles. The first-order chi connectivity index (χ1) is 7.26. The molecule has 82 valence electrons. The summed E-state index contributed by atoms with van der Waals surface area (Å²) in [6.07, 6.45) is 4.78. The summed E-state index contributed by atoms with van der Waals surface area (Å²) < 4.78 is 4.95. The number of hydrogen-bond donors (Lipinski definition) is 0. The van der Waals surface area contributed by atoms with Crippen molar-refractivity contribution in [1.29, 1.82) is 5.26 Å². The molecule has 2 aliphatic rings. The lowest BCUT2D eigenvalue weighted by atomic mass is 9.80. The van der Waals surface area contributed by atoms with Crippen molar-refractivity contribution in [1.82, 2.24) is 0 Å². The summed E-state index contributed by atoms with van der Waals surface area (Å²) in [7, 11) is 0. The van der Waals surface area contributed by atoms with Gasteiger partial charge in [0.1, 0.15) is 5.92 Å². The van der Waals surface area contributed by atoms with Crippen molar-refractivity contribution in [2.75, 3.05) is 6.61 Å². The zero-order valence-electron chi connectivity index (χ0n) is 9.11. The van der Waals surface area contributed by atoms with E-state index in [1.807, 2.05) is 0 Å². The van der Waals surface area contributed by atoms with E-state index in [2.05, 4.69) is 6.07 Å². The van der Waals surface area contributed by atoms with Crippen LogP contribution in [0, 0.1) is 35.0 Å². The fourth-order valence-electron chi connectivity index (χ4n) is 3.26. The van der Waals surface area contributed by atoms with E-state index in [-0.39, 0.29) is 11.9 Å². The highest BCUT2D eigenvalue weighted by molar-refractivity contribution is 5.75. The van der Waals surface area contributed by atoms with Crippen LogP contribution in [-0.4, -0.2) is 12.6 Å². The minimum atomic E-state index is -0.514. The highest BCUT2D eigenvalue weighted by Crippen LogP contribution is 2.51. The van der Waals surface area contributed by atoms with Gasteiger partial charge in [0.15, 0.2) is 0 Å². The minimum absolute atomic E-state index is 0.271. The Labute approximate surface area is 90.4 Å². The number of nitriles is 1. The molecule has 15 heavy (non-hydrogen) atoms. The van der Waals surface area contributed by atoms with Crippen LogP contribution in [0.3, 0.4) is 0 Å². The smallest absolute Gasteiger partial charge is 0.323 e. The molecule has 2 fully saturated rings. The quantitative estimate of drug-likeness (QED) is 0.666. The molecule has 0 aromatic carbocycles. The fraction of sp³-hybridized carbons (Fsp3) is 0.833. The predicted octanol–water partition coefficient (Wildman–Crippen LogP) is 2.13. The Morgan fingerprint density at radius 1 is 1.53 bits per heavy atom. The zero-order chi connectivity index (χ0) is 10.8. The van der Waals surface area contributed by atoms with Crippen LogP contribution in [0.5, 0.6) is 0 Å². The summed E-state index contributed by atoms with van der Waals surface area (Å²) >= 11 is 0. The van der Waals surface area contributed by atoms with Crippen molar-refractivity contribution < 1.29 is 9.53 Å². The number of carbonyl (C=O) groups excluding carboxylic acids is 1. The average Bonchev–Trinajstić information content (AvgIpc) is 2.81. The van der Waals surface area contributed by atoms with Gasteiger partial charge in [-0.15, -0.1) is 0 Å². The van der Waals surface area contributed by atoms with Gasteiger partial charge in [0, 0.05) is 0 Å². The summed E-state index contributed by atoms with van der Waals surface area (Å²) in [5.74, 6) is 0.819. The Bertz CT molecular complexity index is 294. The predicted molar refractivity (Wildman–Crippen MR) is 54.7 cm³/mol. The van der Waals surface area contributed by atoms with Crippen LogP contribution in [0.15, 0.2) is 0 Å². The van der Waals surface area contributed by atoms with Crippen molar-refractivity contribution in [3.63, 3.8) is 0 Å². The van der Waals surface area contributed by atoms with Gasteiger partial charge in [-0.25, -0.2) is 0 Å². The van der Waals surface area contributed by atoms with E-state index in [1.165, 1.54) is 19.3 Å². The van der Waals surface area contributed by atoms with Gasteiger partial charge < -0.3 is 4.74 Å². The number of fused-ring (bicyclic) bond motifs is 2.